The SMILES string of the molecule is COc1ccc(NC(=O)c2ccc(N3CCCC3)cc2)c(OC)c1. The number of carbonyl (C=O) groups excluding carboxylic acids is 1. The van der Waals surface area contributed by atoms with Crippen LogP contribution in [0.15, 0.2) is 42.5 Å². The molecule has 0 aliphatic carbocycles. The Kier molecular flexibility index (Phi) is 4.89. The summed E-state index contributed by atoms with van der Waals surface area (Å²) in [5.41, 5.74) is 2.41. The van der Waals surface area contributed by atoms with E-state index in [-0.39, 0.29) is 5.91 Å². The summed E-state index contributed by atoms with van der Waals surface area (Å²) in [6.07, 6.45) is 2.47. The number of amides is 1. The zero-order valence-corrected chi connectivity index (χ0v) is 14.0. The smallest absolute Gasteiger partial charge is 0.255 e. The number of benzene rings is 2. The Hall–Kier alpha value is -2.69. The molecule has 0 spiro atoms. The van der Waals surface area contributed by atoms with Crippen LogP contribution in [0.3, 0.4) is 0 Å². The molecule has 1 saturated heterocycles. The number of hydrogen-bond donors (Lipinski definition) is 1. The normalized spacial score (nSPS) is 13.7. The predicted molar refractivity (Wildman–Crippen MR) is 95.4 cm³/mol. The zero-order valence-electron chi connectivity index (χ0n) is 14.0. The molecule has 1 fully saturated rings. The average Bonchev–Trinajstić information content (AvgIpc) is 3.16. The maximum atomic E-state index is 12.5. The Morgan fingerprint density at radius 1 is 1.00 bits per heavy atom. The molecular weight excluding hydrogens is 304 g/mol. The number of hydrogen-bond acceptors (Lipinski definition) is 4. The molecule has 0 aromatic heterocycles. The van der Waals surface area contributed by atoms with E-state index in [1.807, 2.05) is 24.3 Å². The minimum absolute atomic E-state index is 0.161. The standard InChI is InChI=1S/C19H22N2O3/c1-23-16-9-10-17(18(13-16)24-2)20-19(22)14-5-7-15(8-6-14)21-11-3-4-12-21/h5-10,13H,3-4,11-12H2,1-2H3,(H,20,22). The predicted octanol–water partition coefficient (Wildman–Crippen LogP) is 3.56. The van der Waals surface area contributed by atoms with E-state index in [1.165, 1.54) is 18.5 Å². The molecular formula is C19H22N2O3. The van der Waals surface area contributed by atoms with Gasteiger partial charge in [0.15, 0.2) is 0 Å². The Bertz CT molecular complexity index is 707. The molecule has 2 aromatic carbocycles. The van der Waals surface area contributed by atoms with Crippen LogP contribution in [0.25, 0.3) is 0 Å². The lowest BCUT2D eigenvalue weighted by Crippen LogP contribution is -2.18. The van der Waals surface area contributed by atoms with Crippen molar-refractivity contribution in [2.24, 2.45) is 0 Å². The van der Waals surface area contributed by atoms with Crippen molar-refractivity contribution in [3.05, 3.63) is 48.0 Å². The Morgan fingerprint density at radius 2 is 1.71 bits per heavy atom. The van der Waals surface area contributed by atoms with Crippen LogP contribution in [0.5, 0.6) is 11.5 Å². The Morgan fingerprint density at radius 3 is 2.33 bits per heavy atom. The summed E-state index contributed by atoms with van der Waals surface area (Å²) >= 11 is 0. The van der Waals surface area contributed by atoms with Gasteiger partial charge in [-0.25, -0.2) is 0 Å². The van der Waals surface area contributed by atoms with Crippen LogP contribution in [0, 0.1) is 0 Å². The van der Waals surface area contributed by atoms with Gasteiger partial charge in [0.2, 0.25) is 0 Å². The van der Waals surface area contributed by atoms with Gasteiger partial charge in [-0.05, 0) is 49.2 Å². The molecule has 1 aliphatic heterocycles. The molecule has 0 saturated carbocycles. The maximum Gasteiger partial charge on any atom is 0.255 e. The second kappa shape index (κ2) is 7.25. The van der Waals surface area contributed by atoms with Gasteiger partial charge in [0.25, 0.3) is 5.91 Å². The van der Waals surface area contributed by atoms with Gasteiger partial charge in [-0.1, -0.05) is 0 Å². The van der Waals surface area contributed by atoms with Crippen LogP contribution in [-0.2, 0) is 0 Å². The van der Waals surface area contributed by atoms with Crippen molar-refractivity contribution in [3.63, 3.8) is 0 Å². The lowest BCUT2D eigenvalue weighted by molar-refractivity contribution is 0.102. The molecule has 1 amide bonds. The average molecular weight is 326 g/mol. The number of nitrogens with zero attached hydrogens (tertiary/aromatic N) is 1. The van der Waals surface area contributed by atoms with Crippen LogP contribution >= 0.6 is 0 Å². The molecule has 5 nitrogen and oxygen atoms in total. The lowest BCUT2D eigenvalue weighted by Gasteiger charge is -2.17. The van der Waals surface area contributed by atoms with Crippen LogP contribution < -0.4 is 19.7 Å². The molecule has 126 valence electrons. The van der Waals surface area contributed by atoms with E-state index in [9.17, 15) is 4.79 Å². The first-order valence-corrected chi connectivity index (χ1v) is 8.09. The lowest BCUT2D eigenvalue weighted by atomic mass is 10.1. The van der Waals surface area contributed by atoms with Gasteiger partial charge in [-0.15, -0.1) is 0 Å². The fourth-order valence-corrected chi connectivity index (χ4v) is 2.90. The van der Waals surface area contributed by atoms with Crippen LogP contribution in [0.1, 0.15) is 23.2 Å². The van der Waals surface area contributed by atoms with Crippen molar-refractivity contribution >= 4 is 17.3 Å². The van der Waals surface area contributed by atoms with E-state index in [4.69, 9.17) is 9.47 Å². The van der Waals surface area contributed by atoms with E-state index in [0.717, 1.165) is 13.1 Å². The van der Waals surface area contributed by atoms with Crippen molar-refractivity contribution in [1.29, 1.82) is 0 Å². The largest absolute Gasteiger partial charge is 0.497 e. The second-order valence-corrected chi connectivity index (χ2v) is 5.76. The highest BCUT2D eigenvalue weighted by Crippen LogP contribution is 2.29. The highest BCUT2D eigenvalue weighted by atomic mass is 16.5. The molecule has 2 aromatic rings. The molecule has 0 radical (unpaired) electrons. The fourth-order valence-electron chi connectivity index (χ4n) is 2.90. The summed E-state index contributed by atoms with van der Waals surface area (Å²) in [4.78, 5) is 14.8. The van der Waals surface area contributed by atoms with E-state index in [0.29, 0.717) is 22.7 Å². The topological polar surface area (TPSA) is 50.8 Å². The molecule has 0 bridgehead atoms. The van der Waals surface area contributed by atoms with Gasteiger partial charge in [-0.2, -0.15) is 0 Å². The van der Waals surface area contributed by atoms with E-state index in [1.54, 1.807) is 32.4 Å². The molecule has 1 N–H and O–H groups in total. The number of ether oxygens (including phenoxy) is 2. The van der Waals surface area contributed by atoms with Crippen LogP contribution in [0.2, 0.25) is 0 Å². The maximum absolute atomic E-state index is 12.5. The van der Waals surface area contributed by atoms with Crippen LogP contribution in [0.4, 0.5) is 11.4 Å². The van der Waals surface area contributed by atoms with Crippen molar-refractivity contribution in [2.75, 3.05) is 37.5 Å². The third-order valence-electron chi connectivity index (χ3n) is 4.26. The zero-order chi connectivity index (χ0) is 16.9. The summed E-state index contributed by atoms with van der Waals surface area (Å²) in [6, 6.07) is 13.0. The minimum Gasteiger partial charge on any atom is -0.497 e. The highest BCUT2D eigenvalue weighted by molar-refractivity contribution is 6.05. The number of carbonyl (C=O) groups is 1. The molecule has 0 atom stereocenters. The van der Waals surface area contributed by atoms with Gasteiger partial charge in [-0.3, -0.25) is 4.79 Å². The van der Waals surface area contributed by atoms with Crippen molar-refractivity contribution in [2.45, 2.75) is 12.8 Å². The molecule has 1 heterocycles. The van der Waals surface area contributed by atoms with Gasteiger partial charge in [0, 0.05) is 30.4 Å². The Labute approximate surface area is 142 Å². The fraction of sp³-hybridized carbons (Fsp3) is 0.316. The third kappa shape index (κ3) is 3.45. The number of nitrogens with one attached hydrogen (secondary N) is 1. The first-order valence-electron chi connectivity index (χ1n) is 8.09. The summed E-state index contributed by atoms with van der Waals surface area (Å²) in [5, 5.41) is 2.88. The monoisotopic (exact) mass is 326 g/mol. The summed E-state index contributed by atoms with van der Waals surface area (Å²) < 4.78 is 10.5. The third-order valence-corrected chi connectivity index (χ3v) is 4.26. The quantitative estimate of drug-likeness (QED) is 0.913. The van der Waals surface area contributed by atoms with Gasteiger partial charge in [0.05, 0.1) is 19.9 Å². The first kappa shape index (κ1) is 16.2. The van der Waals surface area contributed by atoms with E-state index >= 15 is 0 Å². The minimum atomic E-state index is -0.161. The highest BCUT2D eigenvalue weighted by Gasteiger charge is 2.14. The van der Waals surface area contributed by atoms with Crippen LogP contribution in [-0.4, -0.2) is 33.2 Å². The second-order valence-electron chi connectivity index (χ2n) is 5.76. The molecule has 1 aliphatic rings. The van der Waals surface area contributed by atoms with E-state index < -0.39 is 0 Å². The number of anilines is 2. The first-order chi connectivity index (χ1) is 11.7. The number of rotatable bonds is 5. The van der Waals surface area contributed by atoms with Gasteiger partial charge >= 0.3 is 0 Å². The molecule has 3 rings (SSSR count). The summed E-state index contributed by atoms with van der Waals surface area (Å²) in [6.45, 7) is 2.18. The van der Waals surface area contributed by atoms with Crippen molar-refractivity contribution < 1.29 is 14.3 Å². The van der Waals surface area contributed by atoms with Crippen molar-refractivity contribution in [1.82, 2.24) is 0 Å². The summed E-state index contributed by atoms with van der Waals surface area (Å²) in [7, 11) is 3.16. The van der Waals surface area contributed by atoms with Gasteiger partial charge < -0.3 is 19.7 Å². The molecule has 5 heteroatoms. The number of methoxy groups -OCH3 is 2. The van der Waals surface area contributed by atoms with E-state index in [2.05, 4.69) is 10.2 Å². The molecule has 24 heavy (non-hydrogen) atoms. The van der Waals surface area contributed by atoms with Gasteiger partial charge in [0.1, 0.15) is 11.5 Å². The Balaban J connectivity index is 1.72. The van der Waals surface area contributed by atoms with Crippen molar-refractivity contribution in [3.8, 4) is 11.5 Å². The molecule has 0 unspecified atom stereocenters. The summed E-state index contributed by atoms with van der Waals surface area (Å²) in [5.74, 6) is 1.09.